The zero-order valence-electron chi connectivity index (χ0n) is 15.3. The van der Waals surface area contributed by atoms with Crippen molar-refractivity contribution in [1.29, 1.82) is 0 Å². The van der Waals surface area contributed by atoms with Crippen LogP contribution in [0.4, 0.5) is 14.3 Å². The smallest absolute Gasteiger partial charge is 0.324 e. The van der Waals surface area contributed by atoms with Gasteiger partial charge in [0.1, 0.15) is 18.0 Å². The van der Waals surface area contributed by atoms with Crippen molar-refractivity contribution in [3.8, 4) is 10.6 Å². The number of carbonyl (C=O) groups excluding carboxylic acids is 2. The fraction of sp³-hybridized carbons (Fsp3) is 0.471. The number of rotatable bonds is 4. The fourth-order valence-corrected chi connectivity index (χ4v) is 3.83. The number of primary amides is 1. The Morgan fingerprint density at radius 1 is 1.41 bits per heavy atom. The Balaban J connectivity index is 1.80. The molecular weight excluding hydrogens is 371 g/mol. The van der Waals surface area contributed by atoms with Crippen LogP contribution in [0.15, 0.2) is 12.3 Å². The molecule has 0 unspecified atom stereocenters. The Morgan fingerprint density at radius 2 is 2.15 bits per heavy atom. The van der Waals surface area contributed by atoms with Gasteiger partial charge in [0, 0.05) is 18.5 Å². The van der Waals surface area contributed by atoms with Crippen molar-refractivity contribution in [3.63, 3.8) is 0 Å². The average Bonchev–Trinajstić information content (AvgIpc) is 3.18. The van der Waals surface area contributed by atoms with E-state index >= 15 is 0 Å². The highest BCUT2D eigenvalue weighted by molar-refractivity contribution is 7.19. The van der Waals surface area contributed by atoms with Crippen LogP contribution in [0.25, 0.3) is 10.6 Å². The van der Waals surface area contributed by atoms with Crippen molar-refractivity contribution in [2.24, 2.45) is 5.73 Å². The molecule has 0 aromatic carbocycles. The van der Waals surface area contributed by atoms with E-state index in [9.17, 15) is 14.0 Å². The molecule has 1 saturated heterocycles. The lowest BCUT2D eigenvalue weighted by molar-refractivity contribution is -0.121. The Hall–Kier alpha value is -2.62. The van der Waals surface area contributed by atoms with Gasteiger partial charge in [0.05, 0.1) is 22.8 Å². The predicted octanol–water partition coefficient (Wildman–Crippen LogP) is 2.46. The molecular formula is C17H21FN6O2S. The summed E-state index contributed by atoms with van der Waals surface area (Å²) in [6.45, 7) is 5.67. The monoisotopic (exact) mass is 392 g/mol. The number of thiazole rings is 1. The molecule has 3 N–H and O–H groups in total. The van der Waals surface area contributed by atoms with Crippen LogP contribution in [0, 0.1) is 6.92 Å². The second-order valence-corrected chi connectivity index (χ2v) is 7.72. The number of nitrogens with zero attached hydrogens (tertiary/aromatic N) is 4. The number of halogens is 1. The van der Waals surface area contributed by atoms with Gasteiger partial charge in [0.25, 0.3) is 0 Å². The first-order valence-electron chi connectivity index (χ1n) is 8.58. The standard InChI is InChI=1S/C17H21FN6O2S/c1-8(2)15-20-5-4-11(22-15)13-9(3)21-16(27-13)23-17(26)24-7-10(18)6-12(24)14(19)25/h4-5,8,10,12H,6-7H2,1-3H3,(H2,19,25)(H,21,23,26)/t10-,12-/m0/s1. The fourth-order valence-electron chi connectivity index (χ4n) is 2.91. The minimum absolute atomic E-state index is 0.0795. The Kier molecular flexibility index (Phi) is 5.36. The third-order valence-corrected chi connectivity index (χ3v) is 5.37. The third kappa shape index (κ3) is 4.05. The first-order chi connectivity index (χ1) is 12.8. The quantitative estimate of drug-likeness (QED) is 0.830. The van der Waals surface area contributed by atoms with Crippen LogP contribution in [-0.2, 0) is 4.79 Å². The molecule has 3 amide bonds. The molecule has 0 spiro atoms. The van der Waals surface area contributed by atoms with Gasteiger partial charge in [-0.1, -0.05) is 25.2 Å². The van der Waals surface area contributed by atoms with E-state index in [4.69, 9.17) is 5.73 Å². The molecule has 2 atom stereocenters. The molecule has 0 aliphatic carbocycles. The highest BCUT2D eigenvalue weighted by Gasteiger charge is 2.39. The average molecular weight is 392 g/mol. The van der Waals surface area contributed by atoms with Crippen LogP contribution in [0.5, 0.6) is 0 Å². The first kappa shape index (κ1) is 19.2. The van der Waals surface area contributed by atoms with Crippen LogP contribution in [0.3, 0.4) is 0 Å². The zero-order valence-corrected chi connectivity index (χ0v) is 16.1. The van der Waals surface area contributed by atoms with Crippen LogP contribution in [-0.4, -0.2) is 50.5 Å². The van der Waals surface area contributed by atoms with E-state index in [-0.39, 0.29) is 18.9 Å². The topological polar surface area (TPSA) is 114 Å². The number of nitrogens with two attached hydrogens (primary N) is 1. The van der Waals surface area contributed by atoms with E-state index in [1.807, 2.05) is 20.8 Å². The number of nitrogens with one attached hydrogen (secondary N) is 1. The van der Waals surface area contributed by atoms with Crippen molar-refractivity contribution in [2.45, 2.75) is 45.3 Å². The molecule has 0 radical (unpaired) electrons. The molecule has 27 heavy (non-hydrogen) atoms. The van der Waals surface area contributed by atoms with Crippen LogP contribution < -0.4 is 11.1 Å². The van der Waals surface area contributed by atoms with Gasteiger partial charge in [0.2, 0.25) is 5.91 Å². The third-order valence-electron chi connectivity index (χ3n) is 4.27. The Bertz CT molecular complexity index is 871. The summed E-state index contributed by atoms with van der Waals surface area (Å²) in [5, 5.41) is 2.98. The molecule has 0 bridgehead atoms. The maximum atomic E-state index is 13.6. The van der Waals surface area contributed by atoms with Crippen LogP contribution >= 0.6 is 11.3 Å². The summed E-state index contributed by atoms with van der Waals surface area (Å²) in [4.78, 5) is 39.0. The normalized spacial score (nSPS) is 19.5. The van der Waals surface area contributed by atoms with Gasteiger partial charge in [-0.3, -0.25) is 10.1 Å². The van der Waals surface area contributed by atoms with Crippen molar-refractivity contribution in [1.82, 2.24) is 19.9 Å². The Morgan fingerprint density at radius 3 is 2.81 bits per heavy atom. The molecule has 3 heterocycles. The SMILES string of the molecule is Cc1nc(NC(=O)N2C[C@@H](F)C[C@H]2C(N)=O)sc1-c1ccnc(C(C)C)n1. The summed E-state index contributed by atoms with van der Waals surface area (Å²) in [5.41, 5.74) is 6.70. The van der Waals surface area contributed by atoms with Gasteiger partial charge in [0.15, 0.2) is 5.13 Å². The molecule has 10 heteroatoms. The number of carbonyl (C=O) groups is 2. The molecule has 3 rings (SSSR count). The predicted molar refractivity (Wildman–Crippen MR) is 100 cm³/mol. The van der Waals surface area contributed by atoms with Crippen molar-refractivity contribution in [2.75, 3.05) is 11.9 Å². The number of urea groups is 1. The van der Waals surface area contributed by atoms with Gasteiger partial charge in [-0.25, -0.2) is 24.1 Å². The van der Waals surface area contributed by atoms with Crippen molar-refractivity contribution in [3.05, 3.63) is 23.8 Å². The van der Waals surface area contributed by atoms with E-state index in [0.717, 1.165) is 21.3 Å². The van der Waals surface area contributed by atoms with Crippen LogP contribution in [0.2, 0.25) is 0 Å². The second kappa shape index (κ2) is 7.55. The number of hydrogen-bond acceptors (Lipinski definition) is 6. The number of aromatic nitrogens is 3. The maximum absolute atomic E-state index is 13.6. The largest absolute Gasteiger partial charge is 0.368 e. The minimum Gasteiger partial charge on any atom is -0.368 e. The highest BCUT2D eigenvalue weighted by Crippen LogP contribution is 2.32. The molecule has 2 aromatic heterocycles. The number of alkyl halides is 1. The van der Waals surface area contributed by atoms with Gasteiger partial charge in [-0.2, -0.15) is 0 Å². The van der Waals surface area contributed by atoms with Gasteiger partial charge in [-0.15, -0.1) is 0 Å². The number of hydrogen-bond donors (Lipinski definition) is 2. The number of likely N-dealkylation sites (tertiary alicyclic amines) is 1. The number of amides is 3. The van der Waals surface area contributed by atoms with E-state index < -0.39 is 24.2 Å². The van der Waals surface area contributed by atoms with Gasteiger partial charge >= 0.3 is 6.03 Å². The summed E-state index contributed by atoms with van der Waals surface area (Å²) in [6.07, 6.45) is 0.347. The summed E-state index contributed by atoms with van der Waals surface area (Å²) in [6, 6.07) is 0.246. The van der Waals surface area contributed by atoms with Crippen LogP contribution in [0.1, 0.15) is 37.7 Å². The lowest BCUT2D eigenvalue weighted by Crippen LogP contribution is -2.45. The highest BCUT2D eigenvalue weighted by atomic mass is 32.1. The maximum Gasteiger partial charge on any atom is 0.324 e. The zero-order chi connectivity index (χ0) is 19.7. The lowest BCUT2D eigenvalue weighted by Gasteiger charge is -2.21. The van der Waals surface area contributed by atoms with Gasteiger partial charge < -0.3 is 10.6 Å². The molecule has 144 valence electrons. The minimum atomic E-state index is -1.27. The van der Waals surface area contributed by atoms with E-state index in [1.165, 1.54) is 11.3 Å². The summed E-state index contributed by atoms with van der Waals surface area (Å²) < 4.78 is 13.6. The first-order valence-corrected chi connectivity index (χ1v) is 9.39. The second-order valence-electron chi connectivity index (χ2n) is 6.72. The Labute approximate surface area is 160 Å². The van der Waals surface area contributed by atoms with E-state index in [1.54, 1.807) is 12.3 Å². The lowest BCUT2D eigenvalue weighted by atomic mass is 10.2. The molecule has 1 aliphatic rings. The van der Waals surface area contributed by atoms with Crippen molar-refractivity contribution >= 4 is 28.4 Å². The summed E-state index contributed by atoms with van der Waals surface area (Å²) in [5.74, 6) is 0.191. The molecule has 1 fully saturated rings. The van der Waals surface area contributed by atoms with E-state index in [0.29, 0.717) is 10.8 Å². The molecule has 2 aromatic rings. The molecule has 1 aliphatic heterocycles. The number of aryl methyl sites for hydroxylation is 1. The molecule has 8 nitrogen and oxygen atoms in total. The number of anilines is 1. The molecule has 0 saturated carbocycles. The summed E-state index contributed by atoms with van der Waals surface area (Å²) >= 11 is 1.26. The van der Waals surface area contributed by atoms with E-state index in [2.05, 4.69) is 20.3 Å². The summed E-state index contributed by atoms with van der Waals surface area (Å²) in [7, 11) is 0. The van der Waals surface area contributed by atoms with Gasteiger partial charge in [-0.05, 0) is 13.0 Å². The van der Waals surface area contributed by atoms with Crippen molar-refractivity contribution < 1.29 is 14.0 Å².